The van der Waals surface area contributed by atoms with E-state index in [0.29, 0.717) is 6.54 Å². The van der Waals surface area contributed by atoms with E-state index in [-0.39, 0.29) is 34.0 Å². The fraction of sp³-hybridized carbons (Fsp3) is 0.409. The topological polar surface area (TPSA) is 107 Å². The van der Waals surface area contributed by atoms with Gasteiger partial charge >= 0.3 is 0 Å². The van der Waals surface area contributed by atoms with Gasteiger partial charge in [0.2, 0.25) is 10.0 Å². The van der Waals surface area contributed by atoms with Gasteiger partial charge in [0.05, 0.1) is 17.2 Å². The van der Waals surface area contributed by atoms with Crippen LogP contribution in [0.25, 0.3) is 0 Å². The van der Waals surface area contributed by atoms with E-state index in [1.165, 1.54) is 23.8 Å². The molecule has 33 heavy (non-hydrogen) atoms. The summed E-state index contributed by atoms with van der Waals surface area (Å²) in [5.74, 6) is -0.362. The van der Waals surface area contributed by atoms with Gasteiger partial charge in [0.15, 0.2) is 0 Å². The Bertz CT molecular complexity index is 1120. The molecular weight excluding hydrogens is 487 g/mol. The van der Waals surface area contributed by atoms with Crippen LogP contribution in [-0.2, 0) is 16.6 Å². The number of hydrogen-bond acceptors (Lipinski definition) is 6. The molecule has 2 aliphatic heterocycles. The number of β-amino-alcohol motifs (C(OH)–C–C–N with tert-alkyl or cyclic N) is 1. The van der Waals surface area contributed by atoms with Crippen LogP contribution in [0.15, 0.2) is 47.4 Å². The number of primary sulfonamides is 1. The number of rotatable bonds is 5. The third-order valence-corrected chi connectivity index (χ3v) is 7.87. The SMILES string of the molecule is NS(=O)(=O)c1cc(C(=O)N2CC(O)C(N3CCN(Cc4ccc(Cl)cc4)CC3)C2)ccc1Cl. The lowest BCUT2D eigenvalue weighted by molar-refractivity contribution is 0.0423. The van der Waals surface area contributed by atoms with E-state index >= 15 is 0 Å². The maximum Gasteiger partial charge on any atom is 0.254 e. The van der Waals surface area contributed by atoms with Gasteiger partial charge in [0, 0.05) is 56.4 Å². The third-order valence-electron chi connectivity index (χ3n) is 6.23. The molecule has 1 amide bonds. The number of amides is 1. The largest absolute Gasteiger partial charge is 0.390 e. The van der Waals surface area contributed by atoms with Crippen molar-refractivity contribution in [3.8, 4) is 0 Å². The number of halogens is 2. The van der Waals surface area contributed by atoms with E-state index in [2.05, 4.69) is 9.80 Å². The summed E-state index contributed by atoms with van der Waals surface area (Å²) < 4.78 is 23.5. The first-order chi connectivity index (χ1) is 15.6. The van der Waals surface area contributed by atoms with E-state index < -0.39 is 16.1 Å². The molecule has 2 aliphatic rings. The summed E-state index contributed by atoms with van der Waals surface area (Å²) in [5, 5.41) is 16.5. The van der Waals surface area contributed by atoms with Crippen LogP contribution in [0.2, 0.25) is 10.0 Å². The zero-order chi connectivity index (χ0) is 23.8. The van der Waals surface area contributed by atoms with E-state index in [4.69, 9.17) is 28.3 Å². The molecule has 11 heteroatoms. The Hall–Kier alpha value is -1.72. The highest BCUT2D eigenvalue weighted by molar-refractivity contribution is 7.89. The number of carbonyl (C=O) groups is 1. The van der Waals surface area contributed by atoms with Crippen molar-refractivity contribution in [1.82, 2.24) is 14.7 Å². The summed E-state index contributed by atoms with van der Waals surface area (Å²) in [5.41, 5.74) is 1.37. The molecule has 0 aliphatic carbocycles. The molecule has 4 rings (SSSR count). The zero-order valence-electron chi connectivity index (χ0n) is 17.9. The van der Waals surface area contributed by atoms with Crippen LogP contribution in [0.4, 0.5) is 0 Å². The molecule has 0 aromatic heterocycles. The summed E-state index contributed by atoms with van der Waals surface area (Å²) in [6.45, 7) is 4.67. The van der Waals surface area contributed by atoms with Gasteiger partial charge < -0.3 is 10.0 Å². The van der Waals surface area contributed by atoms with Crippen molar-refractivity contribution in [3.63, 3.8) is 0 Å². The van der Waals surface area contributed by atoms with E-state index in [9.17, 15) is 18.3 Å². The lowest BCUT2D eigenvalue weighted by atomic mass is 10.1. The van der Waals surface area contributed by atoms with Gasteiger partial charge in [-0.05, 0) is 35.9 Å². The van der Waals surface area contributed by atoms with Gasteiger partial charge in [-0.3, -0.25) is 14.6 Å². The van der Waals surface area contributed by atoms with Crippen molar-refractivity contribution in [2.24, 2.45) is 5.14 Å². The average molecular weight is 513 g/mol. The van der Waals surface area contributed by atoms with E-state index in [0.717, 1.165) is 37.7 Å². The fourth-order valence-corrected chi connectivity index (χ4v) is 5.63. The summed E-state index contributed by atoms with van der Waals surface area (Å²) in [4.78, 5) is 18.8. The molecule has 0 bridgehead atoms. The van der Waals surface area contributed by atoms with Crippen LogP contribution >= 0.6 is 23.2 Å². The van der Waals surface area contributed by atoms with Crippen LogP contribution in [0.3, 0.4) is 0 Å². The van der Waals surface area contributed by atoms with Gasteiger partial charge in [-0.25, -0.2) is 13.6 Å². The second-order valence-corrected chi connectivity index (χ2v) is 10.8. The van der Waals surface area contributed by atoms with Crippen LogP contribution in [0.1, 0.15) is 15.9 Å². The van der Waals surface area contributed by atoms with Crippen molar-refractivity contribution >= 4 is 39.1 Å². The maximum absolute atomic E-state index is 13.0. The highest BCUT2D eigenvalue weighted by Crippen LogP contribution is 2.25. The van der Waals surface area contributed by atoms with Crippen molar-refractivity contribution < 1.29 is 18.3 Å². The molecule has 0 radical (unpaired) electrons. The van der Waals surface area contributed by atoms with Gasteiger partial charge in [-0.1, -0.05) is 35.3 Å². The second-order valence-electron chi connectivity index (χ2n) is 8.47. The van der Waals surface area contributed by atoms with Gasteiger partial charge in [0.1, 0.15) is 4.90 Å². The van der Waals surface area contributed by atoms with Crippen LogP contribution in [-0.4, -0.2) is 85.5 Å². The number of piperazine rings is 1. The molecule has 8 nitrogen and oxygen atoms in total. The van der Waals surface area contributed by atoms with Crippen molar-refractivity contribution in [2.75, 3.05) is 39.3 Å². The summed E-state index contributed by atoms with van der Waals surface area (Å²) in [6, 6.07) is 11.7. The molecule has 2 fully saturated rings. The number of aliphatic hydroxyl groups is 1. The van der Waals surface area contributed by atoms with Gasteiger partial charge in [-0.2, -0.15) is 0 Å². The molecule has 0 spiro atoms. The first kappa shape index (κ1) is 24.4. The zero-order valence-corrected chi connectivity index (χ0v) is 20.2. The Morgan fingerprint density at radius 2 is 1.70 bits per heavy atom. The predicted molar refractivity (Wildman–Crippen MR) is 127 cm³/mol. The summed E-state index contributed by atoms with van der Waals surface area (Å²) >= 11 is 11.9. The van der Waals surface area contributed by atoms with Gasteiger partial charge in [0.25, 0.3) is 5.91 Å². The summed E-state index contributed by atoms with van der Waals surface area (Å²) in [6.07, 6.45) is -0.679. The normalized spacial score (nSPS) is 22.6. The first-order valence-corrected chi connectivity index (χ1v) is 12.9. The number of carbonyl (C=O) groups excluding carboxylic acids is 1. The van der Waals surface area contributed by atoms with Crippen molar-refractivity contribution in [2.45, 2.75) is 23.6 Å². The lowest BCUT2D eigenvalue weighted by Gasteiger charge is -2.38. The number of likely N-dealkylation sites (tertiary alicyclic amines) is 1. The van der Waals surface area contributed by atoms with Gasteiger partial charge in [-0.15, -0.1) is 0 Å². The molecule has 2 aromatic carbocycles. The molecule has 2 saturated heterocycles. The Morgan fingerprint density at radius 3 is 2.33 bits per heavy atom. The quantitative estimate of drug-likeness (QED) is 0.630. The van der Waals surface area contributed by atoms with Crippen LogP contribution in [0.5, 0.6) is 0 Å². The Morgan fingerprint density at radius 1 is 1.03 bits per heavy atom. The molecule has 2 unspecified atom stereocenters. The minimum atomic E-state index is -4.05. The van der Waals surface area contributed by atoms with E-state index in [1.54, 1.807) is 4.90 Å². The number of sulfonamides is 1. The number of nitrogens with two attached hydrogens (primary N) is 1. The predicted octanol–water partition coefficient (Wildman–Crippen LogP) is 1.64. The Balaban J connectivity index is 1.36. The van der Waals surface area contributed by atoms with Crippen LogP contribution in [0, 0.1) is 0 Å². The van der Waals surface area contributed by atoms with Crippen molar-refractivity contribution in [1.29, 1.82) is 0 Å². The molecular formula is C22H26Cl2N4O4S. The third kappa shape index (κ3) is 5.68. The number of nitrogens with zero attached hydrogens (tertiary/aromatic N) is 3. The molecule has 2 aromatic rings. The lowest BCUT2D eigenvalue weighted by Crippen LogP contribution is -2.53. The van der Waals surface area contributed by atoms with Crippen molar-refractivity contribution in [3.05, 3.63) is 63.6 Å². The van der Waals surface area contributed by atoms with Crippen LogP contribution < -0.4 is 5.14 Å². The molecule has 3 N–H and O–H groups in total. The standard InChI is InChI=1S/C22H26Cl2N4O4S/c23-17-4-1-15(2-5-17)12-26-7-9-27(10-8-26)19-13-28(14-20(19)29)22(30)16-3-6-18(24)21(11-16)33(25,31)32/h1-6,11,19-20,29H,7-10,12-14H2,(H2,25,31,32). The Kier molecular flexibility index (Phi) is 7.30. The fourth-order valence-electron chi connectivity index (χ4n) is 4.43. The summed E-state index contributed by atoms with van der Waals surface area (Å²) in [7, 11) is -4.05. The maximum atomic E-state index is 13.0. The number of benzene rings is 2. The molecule has 2 heterocycles. The molecule has 178 valence electrons. The highest BCUT2D eigenvalue weighted by atomic mass is 35.5. The smallest absolute Gasteiger partial charge is 0.254 e. The second kappa shape index (κ2) is 9.87. The Labute approximate surface area is 203 Å². The first-order valence-electron chi connectivity index (χ1n) is 10.6. The highest BCUT2D eigenvalue weighted by Gasteiger charge is 2.39. The monoisotopic (exact) mass is 512 g/mol. The minimum Gasteiger partial charge on any atom is -0.390 e. The molecule has 2 atom stereocenters. The minimum absolute atomic E-state index is 0.0372. The average Bonchev–Trinajstić information content (AvgIpc) is 3.16. The molecule has 0 saturated carbocycles. The number of hydrogen-bond donors (Lipinski definition) is 2. The number of aliphatic hydroxyl groups excluding tert-OH is 1. The van der Waals surface area contributed by atoms with E-state index in [1.807, 2.05) is 24.3 Å².